The fourth-order valence-electron chi connectivity index (χ4n) is 8.09. The molecule has 0 aromatic carbocycles. The highest BCUT2D eigenvalue weighted by Gasteiger charge is 2.47. The Labute approximate surface area is 322 Å². The molecule has 2 aliphatic heterocycles. The molecular weight excluding hydrogens is 730 g/mol. The molecule has 4 aromatic heterocycles. The molecule has 292 valence electrons. The Hall–Kier alpha value is -4.66. The molecule has 55 heavy (non-hydrogen) atoms. The lowest BCUT2D eigenvalue weighted by atomic mass is 9.85. The standard InChI is InChI=1S/C38H46FN9O6S/c1-22(2)30(35(50)48-13-7-23(49)18-48)27-16-29(45-53-27)51-21-38(39)10-14-47(15-11-38)19-37(8-9-37)20-52-36-42-12-6-26(43-36)33-44-34(54-46-33)24-4-3-5-28-31(24)25(17-40)32(41)55-28/h6,12,16,22-24,30,49H,3-5,7-11,13-15,18-21,41H2,1-2H3. The zero-order valence-corrected chi connectivity index (χ0v) is 31.9. The Balaban J connectivity index is 0.818. The third-order valence-electron chi connectivity index (χ3n) is 11.5. The number of likely N-dealkylation sites (tertiary alicyclic amines) is 2. The third-order valence-corrected chi connectivity index (χ3v) is 12.6. The maximum atomic E-state index is 15.9. The molecule has 0 radical (unpaired) electrons. The summed E-state index contributed by atoms with van der Waals surface area (Å²) in [6.45, 7) is 6.91. The lowest BCUT2D eigenvalue weighted by Crippen LogP contribution is -2.47. The van der Waals surface area contributed by atoms with Gasteiger partial charge in [0.1, 0.15) is 35.0 Å². The number of fused-ring (bicyclic) bond motifs is 1. The molecule has 4 aromatic rings. The summed E-state index contributed by atoms with van der Waals surface area (Å²) in [6, 6.07) is 5.77. The maximum Gasteiger partial charge on any atom is 0.317 e. The van der Waals surface area contributed by atoms with E-state index in [-0.39, 0.29) is 41.7 Å². The van der Waals surface area contributed by atoms with Crippen molar-refractivity contribution in [3.63, 3.8) is 0 Å². The van der Waals surface area contributed by atoms with Gasteiger partial charge in [0, 0.05) is 55.3 Å². The van der Waals surface area contributed by atoms with E-state index in [2.05, 4.69) is 36.2 Å². The van der Waals surface area contributed by atoms with Crippen molar-refractivity contribution < 1.29 is 32.8 Å². The number of nitrogens with zero attached hydrogens (tertiary/aromatic N) is 8. The second kappa shape index (κ2) is 15.1. The monoisotopic (exact) mass is 775 g/mol. The number of piperidine rings is 1. The van der Waals surface area contributed by atoms with Crippen LogP contribution in [-0.2, 0) is 11.2 Å². The Morgan fingerprint density at radius 3 is 2.69 bits per heavy atom. The summed E-state index contributed by atoms with van der Waals surface area (Å²) < 4.78 is 39.0. The first kappa shape index (κ1) is 37.3. The minimum Gasteiger partial charge on any atom is -0.472 e. The Kier molecular flexibility index (Phi) is 10.2. The van der Waals surface area contributed by atoms with Gasteiger partial charge in [-0.05, 0) is 74.1 Å². The predicted octanol–water partition coefficient (Wildman–Crippen LogP) is 4.87. The van der Waals surface area contributed by atoms with Crippen LogP contribution in [0.3, 0.4) is 0 Å². The molecule has 4 aliphatic rings. The van der Waals surface area contributed by atoms with Crippen LogP contribution in [0.2, 0.25) is 0 Å². The number of hydrogen-bond donors (Lipinski definition) is 2. The molecule has 8 rings (SSSR count). The van der Waals surface area contributed by atoms with E-state index in [4.69, 9.17) is 24.3 Å². The number of hydrogen-bond acceptors (Lipinski definition) is 15. The SMILES string of the molecule is CC(C)C(C(=O)N1CCC(O)C1)c1cc(OCC2(F)CCN(CC3(COc4nccc(-c5noc(C6CCCc7sc(N)c(C#N)c76)n5)n4)CC3)CC2)no1. The number of aliphatic hydroxyl groups excluding tert-OH is 1. The summed E-state index contributed by atoms with van der Waals surface area (Å²) in [4.78, 5) is 31.8. The summed E-state index contributed by atoms with van der Waals surface area (Å²) in [5.74, 6) is 0.375. The van der Waals surface area contributed by atoms with Crippen molar-refractivity contribution in [3.8, 4) is 29.5 Å². The van der Waals surface area contributed by atoms with Gasteiger partial charge in [-0.1, -0.05) is 19.0 Å². The molecule has 0 bridgehead atoms. The number of ether oxygens (including phenoxy) is 2. The van der Waals surface area contributed by atoms with Crippen molar-refractivity contribution in [3.05, 3.63) is 46.0 Å². The van der Waals surface area contributed by atoms with Crippen LogP contribution >= 0.6 is 11.3 Å². The number of halogens is 1. The smallest absolute Gasteiger partial charge is 0.317 e. The van der Waals surface area contributed by atoms with Crippen molar-refractivity contribution in [2.45, 2.75) is 88.8 Å². The number of nitriles is 1. The third kappa shape index (κ3) is 7.90. The van der Waals surface area contributed by atoms with E-state index >= 15 is 4.39 Å². The largest absolute Gasteiger partial charge is 0.472 e. The molecule has 0 spiro atoms. The number of aromatic nitrogens is 5. The van der Waals surface area contributed by atoms with Gasteiger partial charge in [0.15, 0.2) is 5.76 Å². The number of nitrogens with two attached hydrogens (primary N) is 1. The maximum absolute atomic E-state index is 15.9. The summed E-state index contributed by atoms with van der Waals surface area (Å²) in [7, 11) is 0. The second-order valence-electron chi connectivity index (χ2n) is 15.9. The molecule has 17 heteroatoms. The van der Waals surface area contributed by atoms with Crippen LogP contribution in [0.25, 0.3) is 11.5 Å². The van der Waals surface area contributed by atoms with Crippen LogP contribution in [0.1, 0.15) is 98.3 Å². The number of carbonyl (C=O) groups excluding carboxylic acids is 1. The van der Waals surface area contributed by atoms with Crippen LogP contribution < -0.4 is 15.2 Å². The van der Waals surface area contributed by atoms with Gasteiger partial charge in [-0.3, -0.25) is 4.79 Å². The molecule has 3 atom stereocenters. The van der Waals surface area contributed by atoms with Crippen molar-refractivity contribution in [1.82, 2.24) is 35.1 Å². The molecule has 2 aliphatic carbocycles. The lowest BCUT2D eigenvalue weighted by molar-refractivity contribution is -0.133. The van der Waals surface area contributed by atoms with E-state index in [9.17, 15) is 15.2 Å². The number of carbonyl (C=O) groups is 1. The summed E-state index contributed by atoms with van der Waals surface area (Å²) in [5, 5.41) is 28.3. The predicted molar refractivity (Wildman–Crippen MR) is 197 cm³/mol. The minimum absolute atomic E-state index is 0.0559. The van der Waals surface area contributed by atoms with Gasteiger partial charge in [-0.25, -0.2) is 9.37 Å². The molecular formula is C38H46FN9O6S. The van der Waals surface area contributed by atoms with Gasteiger partial charge in [0.2, 0.25) is 17.6 Å². The Bertz CT molecular complexity index is 2050. The number of aliphatic hydroxyl groups is 1. The first-order valence-electron chi connectivity index (χ1n) is 19.1. The van der Waals surface area contributed by atoms with E-state index in [0.717, 1.165) is 49.1 Å². The Morgan fingerprint density at radius 1 is 1.15 bits per heavy atom. The van der Waals surface area contributed by atoms with Crippen molar-refractivity contribution >= 4 is 22.2 Å². The average molecular weight is 776 g/mol. The van der Waals surface area contributed by atoms with Gasteiger partial charge in [-0.2, -0.15) is 15.2 Å². The number of nitrogen functional groups attached to an aromatic ring is 1. The molecule has 1 saturated carbocycles. The summed E-state index contributed by atoms with van der Waals surface area (Å²) in [6.07, 6.45) is 6.89. The van der Waals surface area contributed by atoms with Crippen LogP contribution in [0.4, 0.5) is 9.39 Å². The highest BCUT2D eigenvalue weighted by Crippen LogP contribution is 2.48. The Morgan fingerprint density at radius 2 is 1.96 bits per heavy atom. The first-order chi connectivity index (χ1) is 26.5. The molecule has 3 N–H and O–H groups in total. The number of β-amino-alcohol motifs (C(OH)–C–C–N with tert-alkyl or cyclic N) is 1. The number of thiophene rings is 1. The quantitative estimate of drug-likeness (QED) is 0.186. The fourth-order valence-corrected chi connectivity index (χ4v) is 9.22. The zero-order valence-electron chi connectivity index (χ0n) is 31.1. The summed E-state index contributed by atoms with van der Waals surface area (Å²) >= 11 is 1.46. The number of anilines is 1. The van der Waals surface area contributed by atoms with Gasteiger partial charge in [0.05, 0.1) is 24.2 Å². The lowest BCUT2D eigenvalue weighted by Gasteiger charge is -2.37. The van der Waals surface area contributed by atoms with Crippen molar-refractivity contribution in [2.75, 3.05) is 51.7 Å². The molecule has 3 unspecified atom stereocenters. The number of aryl methyl sites for hydroxylation is 1. The molecule has 6 heterocycles. The van der Waals surface area contributed by atoms with Gasteiger partial charge >= 0.3 is 6.01 Å². The van der Waals surface area contributed by atoms with E-state index in [1.807, 2.05) is 13.8 Å². The van der Waals surface area contributed by atoms with Crippen LogP contribution in [0.15, 0.2) is 27.4 Å². The van der Waals surface area contributed by atoms with Gasteiger partial charge < -0.3 is 39.2 Å². The van der Waals surface area contributed by atoms with Crippen LogP contribution in [0, 0.1) is 22.7 Å². The molecule has 1 amide bonds. The minimum atomic E-state index is -1.51. The van der Waals surface area contributed by atoms with E-state index < -0.39 is 17.7 Å². The van der Waals surface area contributed by atoms with Crippen LogP contribution in [-0.4, -0.2) is 104 Å². The second-order valence-corrected chi connectivity index (χ2v) is 17.1. The average Bonchev–Trinajstić information content (AvgIpc) is 3.64. The highest BCUT2D eigenvalue weighted by molar-refractivity contribution is 7.16. The molecule has 3 fully saturated rings. The molecule has 2 saturated heterocycles. The normalized spacial score (nSPS) is 22.3. The van der Waals surface area contributed by atoms with E-state index in [0.29, 0.717) is 85.8 Å². The zero-order chi connectivity index (χ0) is 38.3. The first-order valence-corrected chi connectivity index (χ1v) is 19.9. The van der Waals surface area contributed by atoms with Gasteiger partial charge in [-0.15, -0.1) is 11.3 Å². The fraction of sp³-hybridized carbons (Fsp3) is 0.605. The van der Waals surface area contributed by atoms with Gasteiger partial charge in [0.25, 0.3) is 5.88 Å². The summed E-state index contributed by atoms with van der Waals surface area (Å²) in [5.41, 5.74) is 6.44. The number of alkyl halides is 1. The van der Waals surface area contributed by atoms with Crippen molar-refractivity contribution in [2.24, 2.45) is 11.3 Å². The number of rotatable bonds is 13. The van der Waals surface area contributed by atoms with Crippen molar-refractivity contribution in [1.29, 1.82) is 5.26 Å². The van der Waals surface area contributed by atoms with E-state index in [1.54, 1.807) is 23.2 Å². The topological polar surface area (TPSA) is 203 Å². The number of amides is 1. The van der Waals surface area contributed by atoms with E-state index in [1.165, 1.54) is 11.3 Å². The molecule has 15 nitrogen and oxygen atoms in total. The highest BCUT2D eigenvalue weighted by atomic mass is 32.1. The van der Waals surface area contributed by atoms with Crippen LogP contribution in [0.5, 0.6) is 11.9 Å².